The number of hydroxylamine groups is 1. The molecule has 0 saturated carbocycles. The molecule has 0 saturated heterocycles. The van der Waals surface area contributed by atoms with Gasteiger partial charge >= 0.3 is 5.97 Å². The Hall–Kier alpha value is -2.40. The SMILES string of the molecule is O=C(NO)c1ccc2ccccc2c1C(=O)O. The third kappa shape index (κ3) is 1.83. The molecule has 5 heteroatoms. The molecule has 0 aliphatic heterocycles. The Kier molecular flexibility index (Phi) is 2.76. The highest BCUT2D eigenvalue weighted by Crippen LogP contribution is 2.22. The molecule has 2 aromatic carbocycles. The van der Waals surface area contributed by atoms with Crippen molar-refractivity contribution in [1.82, 2.24) is 5.48 Å². The summed E-state index contributed by atoms with van der Waals surface area (Å²) in [4.78, 5) is 22.6. The van der Waals surface area contributed by atoms with E-state index < -0.39 is 11.9 Å². The smallest absolute Gasteiger partial charge is 0.337 e. The van der Waals surface area contributed by atoms with Gasteiger partial charge in [-0.15, -0.1) is 0 Å². The van der Waals surface area contributed by atoms with Crippen LogP contribution in [0.1, 0.15) is 20.7 Å². The number of nitrogens with one attached hydrogen (secondary N) is 1. The number of hydrogen-bond donors (Lipinski definition) is 3. The van der Waals surface area contributed by atoms with Gasteiger partial charge in [0.1, 0.15) is 0 Å². The first kappa shape index (κ1) is 11.1. The van der Waals surface area contributed by atoms with Gasteiger partial charge in [0.15, 0.2) is 0 Å². The van der Waals surface area contributed by atoms with Gasteiger partial charge in [0.05, 0.1) is 11.1 Å². The van der Waals surface area contributed by atoms with Gasteiger partial charge < -0.3 is 5.11 Å². The summed E-state index contributed by atoms with van der Waals surface area (Å²) in [5.74, 6) is -2.05. The molecule has 0 heterocycles. The molecule has 1 amide bonds. The second-order valence-corrected chi connectivity index (χ2v) is 3.46. The number of aromatic carboxylic acids is 1. The van der Waals surface area contributed by atoms with Gasteiger partial charge in [-0.25, -0.2) is 10.3 Å². The maximum Gasteiger partial charge on any atom is 0.337 e. The molecule has 2 rings (SSSR count). The number of carboxylic acids is 1. The first-order chi connectivity index (χ1) is 8.15. The third-order valence-corrected chi connectivity index (χ3v) is 2.49. The van der Waals surface area contributed by atoms with Crippen LogP contribution in [-0.2, 0) is 0 Å². The number of fused-ring (bicyclic) bond motifs is 1. The molecule has 0 radical (unpaired) electrons. The minimum absolute atomic E-state index is 0.0706. The monoisotopic (exact) mass is 231 g/mol. The molecule has 3 N–H and O–H groups in total. The topological polar surface area (TPSA) is 86.6 Å². The molecule has 0 spiro atoms. The molecule has 5 nitrogen and oxygen atoms in total. The minimum Gasteiger partial charge on any atom is -0.478 e. The average molecular weight is 231 g/mol. The predicted molar refractivity (Wildman–Crippen MR) is 60.2 cm³/mol. The number of benzene rings is 2. The van der Waals surface area contributed by atoms with Crippen LogP contribution in [0.3, 0.4) is 0 Å². The van der Waals surface area contributed by atoms with Gasteiger partial charge in [0, 0.05) is 0 Å². The minimum atomic E-state index is -1.21. The maximum absolute atomic E-state index is 11.4. The van der Waals surface area contributed by atoms with Crippen molar-refractivity contribution in [2.75, 3.05) is 0 Å². The lowest BCUT2D eigenvalue weighted by molar-refractivity contribution is 0.0664. The Morgan fingerprint density at radius 3 is 2.41 bits per heavy atom. The van der Waals surface area contributed by atoms with Gasteiger partial charge in [-0.3, -0.25) is 10.0 Å². The summed E-state index contributed by atoms with van der Waals surface area (Å²) in [5, 5.41) is 18.9. The fraction of sp³-hybridized carbons (Fsp3) is 0. The molecule has 0 aromatic heterocycles. The number of carbonyl (C=O) groups excluding carboxylic acids is 1. The molecular weight excluding hydrogens is 222 g/mol. The molecular formula is C12H9NO4. The van der Waals surface area contributed by atoms with Crippen molar-refractivity contribution in [3.8, 4) is 0 Å². The van der Waals surface area contributed by atoms with Gasteiger partial charge in [-0.2, -0.15) is 0 Å². The zero-order chi connectivity index (χ0) is 12.4. The quantitative estimate of drug-likeness (QED) is 0.541. The normalized spacial score (nSPS) is 10.2. The summed E-state index contributed by atoms with van der Waals surface area (Å²) in [6.07, 6.45) is 0. The van der Waals surface area contributed by atoms with Gasteiger partial charge in [0.25, 0.3) is 5.91 Å². The van der Waals surface area contributed by atoms with Crippen LogP contribution < -0.4 is 5.48 Å². The molecule has 0 bridgehead atoms. The van der Waals surface area contributed by atoms with E-state index in [9.17, 15) is 9.59 Å². The fourth-order valence-electron chi connectivity index (χ4n) is 1.75. The Bertz CT molecular complexity index is 606. The zero-order valence-corrected chi connectivity index (χ0v) is 8.68. The predicted octanol–water partition coefficient (Wildman–Crippen LogP) is 1.66. The van der Waals surface area contributed by atoms with E-state index in [0.29, 0.717) is 5.39 Å². The molecule has 2 aromatic rings. The van der Waals surface area contributed by atoms with Gasteiger partial charge in [-0.05, 0) is 16.8 Å². The van der Waals surface area contributed by atoms with E-state index in [1.807, 2.05) is 0 Å². The molecule has 0 atom stereocenters. The van der Waals surface area contributed by atoms with Crippen molar-refractivity contribution in [2.24, 2.45) is 0 Å². The van der Waals surface area contributed by atoms with Crippen LogP contribution in [0.25, 0.3) is 10.8 Å². The first-order valence-electron chi connectivity index (χ1n) is 4.84. The summed E-state index contributed by atoms with van der Waals surface area (Å²) >= 11 is 0. The van der Waals surface area contributed by atoms with E-state index in [1.54, 1.807) is 30.3 Å². The number of rotatable bonds is 2. The van der Waals surface area contributed by atoms with E-state index >= 15 is 0 Å². The third-order valence-electron chi connectivity index (χ3n) is 2.49. The highest BCUT2D eigenvalue weighted by molar-refractivity contribution is 6.13. The molecule has 86 valence electrons. The van der Waals surface area contributed by atoms with E-state index in [-0.39, 0.29) is 11.1 Å². The number of carbonyl (C=O) groups is 2. The molecule has 0 fully saturated rings. The Labute approximate surface area is 96.3 Å². The zero-order valence-electron chi connectivity index (χ0n) is 8.68. The van der Waals surface area contributed by atoms with Crippen LogP contribution in [0, 0.1) is 0 Å². The van der Waals surface area contributed by atoms with Crippen LogP contribution in [0.4, 0.5) is 0 Å². The van der Waals surface area contributed by atoms with Crippen molar-refractivity contribution in [3.63, 3.8) is 0 Å². The van der Waals surface area contributed by atoms with Gasteiger partial charge in [0.2, 0.25) is 0 Å². The van der Waals surface area contributed by atoms with Gasteiger partial charge in [-0.1, -0.05) is 30.3 Å². The second kappa shape index (κ2) is 4.23. The highest BCUT2D eigenvalue weighted by atomic mass is 16.5. The number of hydrogen-bond acceptors (Lipinski definition) is 3. The second-order valence-electron chi connectivity index (χ2n) is 3.46. The van der Waals surface area contributed by atoms with Crippen LogP contribution in [0.5, 0.6) is 0 Å². The van der Waals surface area contributed by atoms with E-state index in [0.717, 1.165) is 5.39 Å². The summed E-state index contributed by atoms with van der Waals surface area (Å²) in [6, 6.07) is 9.84. The van der Waals surface area contributed by atoms with Crippen molar-refractivity contribution >= 4 is 22.6 Å². The number of amides is 1. The van der Waals surface area contributed by atoms with Crippen molar-refractivity contribution in [1.29, 1.82) is 0 Å². The largest absolute Gasteiger partial charge is 0.478 e. The van der Waals surface area contributed by atoms with E-state index in [4.69, 9.17) is 10.3 Å². The van der Waals surface area contributed by atoms with Crippen LogP contribution in [0.2, 0.25) is 0 Å². The number of carboxylic acid groups (broad SMARTS) is 1. The van der Waals surface area contributed by atoms with Crippen molar-refractivity contribution in [3.05, 3.63) is 47.5 Å². The van der Waals surface area contributed by atoms with Crippen LogP contribution in [-0.4, -0.2) is 22.2 Å². The first-order valence-corrected chi connectivity index (χ1v) is 4.84. The average Bonchev–Trinajstić information content (AvgIpc) is 2.36. The van der Waals surface area contributed by atoms with Crippen molar-refractivity contribution in [2.45, 2.75) is 0 Å². The van der Waals surface area contributed by atoms with Crippen molar-refractivity contribution < 1.29 is 19.9 Å². The lowest BCUT2D eigenvalue weighted by Crippen LogP contribution is -2.21. The van der Waals surface area contributed by atoms with E-state index in [2.05, 4.69) is 0 Å². The Morgan fingerprint density at radius 2 is 1.76 bits per heavy atom. The lowest BCUT2D eigenvalue weighted by Gasteiger charge is -2.07. The maximum atomic E-state index is 11.4. The molecule has 0 aliphatic carbocycles. The summed E-state index contributed by atoms with van der Waals surface area (Å²) < 4.78 is 0. The molecule has 0 unspecified atom stereocenters. The van der Waals surface area contributed by atoms with Crippen LogP contribution >= 0.6 is 0 Å². The fourth-order valence-corrected chi connectivity index (χ4v) is 1.75. The summed E-state index contributed by atoms with van der Waals surface area (Å²) in [6.45, 7) is 0. The standard InChI is InChI=1S/C12H9NO4/c14-11(13-17)9-6-5-7-3-1-2-4-8(7)10(9)12(15)16/h1-6,17H,(H,13,14)(H,15,16). The Morgan fingerprint density at radius 1 is 1.06 bits per heavy atom. The summed E-state index contributed by atoms with van der Waals surface area (Å²) in [7, 11) is 0. The lowest BCUT2D eigenvalue weighted by atomic mass is 9.98. The molecule has 17 heavy (non-hydrogen) atoms. The Balaban J connectivity index is 2.82. The van der Waals surface area contributed by atoms with E-state index in [1.165, 1.54) is 11.5 Å². The summed E-state index contributed by atoms with van der Waals surface area (Å²) in [5.41, 5.74) is 1.25. The van der Waals surface area contributed by atoms with Crippen LogP contribution in [0.15, 0.2) is 36.4 Å². The highest BCUT2D eigenvalue weighted by Gasteiger charge is 2.18. The molecule has 0 aliphatic rings.